The third-order valence-corrected chi connectivity index (χ3v) is 2.75. The summed E-state index contributed by atoms with van der Waals surface area (Å²) in [4.78, 5) is 15.6. The van der Waals surface area contributed by atoms with Gasteiger partial charge in [-0.05, 0) is 25.9 Å². The third kappa shape index (κ3) is 3.03. The maximum absolute atomic E-state index is 11.7. The molecule has 1 aromatic heterocycles. The number of piperidine rings is 1. The van der Waals surface area contributed by atoms with Crippen LogP contribution in [-0.2, 0) is 11.2 Å². The first-order valence-corrected chi connectivity index (χ1v) is 5.60. The van der Waals surface area contributed by atoms with E-state index in [4.69, 9.17) is 4.52 Å². The molecule has 6 nitrogen and oxygen atoms in total. The highest BCUT2D eigenvalue weighted by atomic mass is 16.5. The molecule has 0 saturated carbocycles. The third-order valence-electron chi connectivity index (χ3n) is 2.75. The lowest BCUT2D eigenvalue weighted by Crippen LogP contribution is -2.38. The Labute approximate surface area is 93.8 Å². The zero-order valence-electron chi connectivity index (χ0n) is 9.11. The lowest BCUT2D eigenvalue weighted by molar-refractivity contribution is -0.125. The number of nitrogens with zero attached hydrogens (tertiary/aromatic N) is 2. The predicted octanol–water partition coefficient (Wildman–Crippen LogP) is -0.272. The molecule has 2 N–H and O–H groups in total. The molecule has 1 amide bonds. The predicted molar refractivity (Wildman–Crippen MR) is 56.6 cm³/mol. The highest BCUT2D eigenvalue weighted by Crippen LogP contribution is 2.11. The van der Waals surface area contributed by atoms with Crippen molar-refractivity contribution in [2.24, 2.45) is 5.92 Å². The Hall–Kier alpha value is -1.43. The smallest absolute Gasteiger partial charge is 0.228 e. The van der Waals surface area contributed by atoms with Crippen molar-refractivity contribution in [3.05, 3.63) is 12.2 Å². The van der Waals surface area contributed by atoms with Gasteiger partial charge in [-0.2, -0.15) is 4.98 Å². The summed E-state index contributed by atoms with van der Waals surface area (Å²) in [5, 5.41) is 9.63. The van der Waals surface area contributed by atoms with Crippen molar-refractivity contribution in [2.45, 2.75) is 19.3 Å². The zero-order valence-corrected chi connectivity index (χ0v) is 9.11. The van der Waals surface area contributed by atoms with Gasteiger partial charge in [0, 0.05) is 18.9 Å². The van der Waals surface area contributed by atoms with Gasteiger partial charge in [0.1, 0.15) is 0 Å². The van der Waals surface area contributed by atoms with Crippen molar-refractivity contribution in [1.82, 2.24) is 20.8 Å². The van der Waals surface area contributed by atoms with Crippen molar-refractivity contribution in [3.63, 3.8) is 0 Å². The largest absolute Gasteiger partial charge is 0.355 e. The van der Waals surface area contributed by atoms with Gasteiger partial charge in [-0.3, -0.25) is 4.79 Å². The molecule has 0 radical (unpaired) electrons. The highest BCUT2D eigenvalue weighted by molar-refractivity contribution is 5.78. The van der Waals surface area contributed by atoms with Gasteiger partial charge >= 0.3 is 0 Å². The zero-order chi connectivity index (χ0) is 11.2. The minimum atomic E-state index is 0.140. The molecule has 1 aliphatic rings. The lowest BCUT2D eigenvalue weighted by Gasteiger charge is -2.21. The Balaban J connectivity index is 1.67. The van der Waals surface area contributed by atoms with E-state index in [1.54, 1.807) is 0 Å². The van der Waals surface area contributed by atoms with E-state index in [9.17, 15) is 4.79 Å². The van der Waals surface area contributed by atoms with E-state index in [0.717, 1.165) is 25.9 Å². The Bertz CT molecular complexity index is 320. The van der Waals surface area contributed by atoms with Crippen molar-refractivity contribution in [2.75, 3.05) is 19.6 Å². The summed E-state index contributed by atoms with van der Waals surface area (Å²) in [7, 11) is 0. The minimum Gasteiger partial charge on any atom is -0.355 e. The molecule has 6 heteroatoms. The Morgan fingerprint density at radius 1 is 1.56 bits per heavy atom. The summed E-state index contributed by atoms with van der Waals surface area (Å²) in [5.74, 6) is 0.857. The van der Waals surface area contributed by atoms with Crippen LogP contribution < -0.4 is 10.6 Å². The van der Waals surface area contributed by atoms with Crippen LogP contribution in [0.25, 0.3) is 0 Å². The SMILES string of the molecule is O=C(NCCc1ncno1)C1CCNCC1. The second-order valence-corrected chi connectivity index (χ2v) is 3.90. The summed E-state index contributed by atoms with van der Waals surface area (Å²) in [5.41, 5.74) is 0. The van der Waals surface area contributed by atoms with Gasteiger partial charge in [0.05, 0.1) is 0 Å². The van der Waals surface area contributed by atoms with Crippen molar-refractivity contribution in [1.29, 1.82) is 0 Å². The Kier molecular flexibility index (Phi) is 3.87. The van der Waals surface area contributed by atoms with Gasteiger partial charge < -0.3 is 15.2 Å². The standard InChI is InChI=1S/C10H16N4O2/c15-10(8-1-4-11-5-2-8)12-6-3-9-13-7-14-16-9/h7-8,11H,1-6H2,(H,12,15). The van der Waals surface area contributed by atoms with Crippen LogP contribution in [0.1, 0.15) is 18.7 Å². The molecule has 0 aromatic carbocycles. The maximum atomic E-state index is 11.7. The van der Waals surface area contributed by atoms with Crippen LogP contribution in [0.4, 0.5) is 0 Å². The van der Waals surface area contributed by atoms with Crippen LogP contribution in [0, 0.1) is 5.92 Å². The highest BCUT2D eigenvalue weighted by Gasteiger charge is 2.20. The summed E-state index contributed by atoms with van der Waals surface area (Å²) >= 11 is 0. The number of carbonyl (C=O) groups is 1. The number of rotatable bonds is 4. The lowest BCUT2D eigenvalue weighted by atomic mass is 9.97. The average molecular weight is 224 g/mol. The molecule has 1 fully saturated rings. The molecular formula is C10H16N4O2. The molecule has 0 bridgehead atoms. The van der Waals surface area contributed by atoms with Gasteiger partial charge in [-0.15, -0.1) is 0 Å². The Morgan fingerprint density at radius 3 is 3.06 bits per heavy atom. The fourth-order valence-corrected chi connectivity index (χ4v) is 1.83. The monoisotopic (exact) mass is 224 g/mol. The summed E-state index contributed by atoms with van der Waals surface area (Å²) in [6.07, 6.45) is 3.81. The van der Waals surface area contributed by atoms with Gasteiger partial charge in [0.2, 0.25) is 11.8 Å². The van der Waals surface area contributed by atoms with Crippen LogP contribution in [-0.4, -0.2) is 35.7 Å². The number of nitrogens with one attached hydrogen (secondary N) is 2. The van der Waals surface area contributed by atoms with Gasteiger partial charge in [0.15, 0.2) is 6.33 Å². The molecular weight excluding hydrogens is 208 g/mol. The molecule has 1 aromatic rings. The van der Waals surface area contributed by atoms with E-state index >= 15 is 0 Å². The van der Waals surface area contributed by atoms with E-state index in [-0.39, 0.29) is 11.8 Å². The van der Waals surface area contributed by atoms with Gasteiger partial charge in [0.25, 0.3) is 0 Å². The van der Waals surface area contributed by atoms with Gasteiger partial charge in [-0.1, -0.05) is 5.16 Å². The van der Waals surface area contributed by atoms with Crippen LogP contribution in [0.15, 0.2) is 10.9 Å². The first-order valence-electron chi connectivity index (χ1n) is 5.60. The van der Waals surface area contributed by atoms with Crippen LogP contribution in [0.5, 0.6) is 0 Å². The van der Waals surface area contributed by atoms with E-state index in [1.165, 1.54) is 6.33 Å². The second kappa shape index (κ2) is 5.60. The number of aromatic nitrogens is 2. The van der Waals surface area contributed by atoms with E-state index in [2.05, 4.69) is 20.8 Å². The number of hydrogen-bond donors (Lipinski definition) is 2. The first-order chi connectivity index (χ1) is 7.86. The topological polar surface area (TPSA) is 80.1 Å². The molecule has 88 valence electrons. The van der Waals surface area contributed by atoms with Crippen molar-refractivity contribution < 1.29 is 9.32 Å². The fraction of sp³-hybridized carbons (Fsp3) is 0.700. The van der Waals surface area contributed by atoms with Crippen molar-refractivity contribution in [3.8, 4) is 0 Å². The van der Waals surface area contributed by atoms with Crippen LogP contribution in [0.2, 0.25) is 0 Å². The molecule has 0 spiro atoms. The number of amides is 1. The molecule has 1 saturated heterocycles. The van der Waals surface area contributed by atoms with E-state index in [1.807, 2.05) is 0 Å². The summed E-state index contributed by atoms with van der Waals surface area (Å²) in [6, 6.07) is 0. The molecule has 2 heterocycles. The molecule has 1 aliphatic heterocycles. The minimum absolute atomic E-state index is 0.140. The molecule has 0 unspecified atom stereocenters. The first kappa shape index (κ1) is 11.1. The molecule has 0 atom stereocenters. The summed E-state index contributed by atoms with van der Waals surface area (Å²) in [6.45, 7) is 2.43. The number of hydrogen-bond acceptors (Lipinski definition) is 5. The number of carbonyl (C=O) groups excluding carboxylic acids is 1. The van der Waals surface area contributed by atoms with E-state index < -0.39 is 0 Å². The average Bonchev–Trinajstić information content (AvgIpc) is 2.83. The van der Waals surface area contributed by atoms with Crippen LogP contribution >= 0.6 is 0 Å². The normalized spacial score (nSPS) is 17.2. The molecule has 0 aliphatic carbocycles. The quantitative estimate of drug-likeness (QED) is 0.735. The summed E-state index contributed by atoms with van der Waals surface area (Å²) < 4.78 is 4.84. The molecule has 16 heavy (non-hydrogen) atoms. The Morgan fingerprint density at radius 2 is 2.38 bits per heavy atom. The van der Waals surface area contributed by atoms with E-state index in [0.29, 0.717) is 18.9 Å². The second-order valence-electron chi connectivity index (χ2n) is 3.90. The fourth-order valence-electron chi connectivity index (χ4n) is 1.83. The molecule has 2 rings (SSSR count). The van der Waals surface area contributed by atoms with Crippen molar-refractivity contribution >= 4 is 5.91 Å². The maximum Gasteiger partial charge on any atom is 0.228 e. The van der Waals surface area contributed by atoms with Crippen LogP contribution in [0.3, 0.4) is 0 Å². The van der Waals surface area contributed by atoms with Gasteiger partial charge in [-0.25, -0.2) is 0 Å².